The molecule has 6 aliphatic rings. The largest absolute Gasteiger partial charge is 0.497 e. The Bertz CT molecular complexity index is 4490. The molecule has 33 heteroatoms. The highest BCUT2D eigenvalue weighted by molar-refractivity contribution is 6.00. The SMILES string of the molecule is COc1ccc(C[C@@H]2NC(=O)[C@H]([C@@H](C)O)NC(=O)[C@@H]3[C@@H]4CCN3C(=O)[C@H]3CC(=O)[C@H](Cc5cccc(c5)CNC(=O)CO4)NC(=O)[C@@H](CCC(=O)CCOCCOCC[N+](C)(C)C)NC(=O)[C@H](C)CC(=O)CCC(=O)N(CCCCCn4cc(c5cc(F)ccc54)C3)Cc3ccc(cc3)CCCC(=O)[C@]3(C)CCCN3C2=O)cc1.O=C(O)C(F)(F)F. The number of carbonyl (C=O) groups is 13. The number of methoxy groups -OCH3 is 1. The molecule has 5 aromatic rings. The van der Waals surface area contributed by atoms with E-state index in [2.05, 4.69) is 26.6 Å². The van der Waals surface area contributed by atoms with Crippen LogP contribution in [-0.4, -0.2) is 252 Å². The van der Waals surface area contributed by atoms with Gasteiger partial charge in [0.1, 0.15) is 60.5 Å². The number of fused-ring (bicyclic) bond motifs is 16. The van der Waals surface area contributed by atoms with Crippen LogP contribution in [0.5, 0.6) is 5.75 Å². The topological polar surface area (TPSA) is 374 Å². The number of carboxylic acids is 1. The molecule has 11 rings (SSSR count). The number of aliphatic carboxylic acids is 1. The van der Waals surface area contributed by atoms with Crippen LogP contribution in [0.3, 0.4) is 0 Å². The standard InChI is InChI=1S/C86H113FN10O17.C2HF3O2/c1-55-44-66(100)26-31-77(104)94-36-10-8-9-35-93-53-63(68-50-64(87)24-30-72(68)93)48-62-49-73(101)70(90-81(106)69(89-80(55)105)29-25-65(99)33-40-112-42-43-113-41-39-97(4,5)6)47-60-15-11-16-61(45-60)51-88-76(103)54-114-74-32-38-95(84(62)109)79(74)83(108)92-78(56(2)98)82(107)91-71(46-58-22-27-67(111-7)28-23-58)85(110)96-37-13-34-86(96,3)75(102)17-12-14-57-18-20-59(52-94)21-19-57;3-2(4,5)1(6)7/h11,15-16,18-24,27-28,30,45,50,53,55-56,62,69-71,74,78-79,98H,8-10,12-14,17,25-26,29,31-44,46-49,51-52,54H2,1-7H3,(H4-,88,89,90,91,92,103,105,106,107,108);(H,6,7)/p+1/t55-,56-,62-,69-,70+,71+,74+,78+,79+,86+;/m1./s1. The molecule has 0 unspecified atom stereocenters. The average molecular weight is 1690 g/mol. The molecule has 658 valence electrons. The van der Waals surface area contributed by atoms with Gasteiger partial charge in [-0.05, 0) is 148 Å². The minimum Gasteiger partial charge on any atom is -0.497 e. The number of halogens is 4. The molecular formula is C88H115F4N10O19+. The number of likely N-dealkylation sites (N-methyl/N-ethyl adjacent to an activating group) is 1. The van der Waals surface area contributed by atoms with Crippen molar-refractivity contribution in [2.24, 2.45) is 11.8 Å². The number of ketones is 4. The molecule has 10 atom stereocenters. The van der Waals surface area contributed by atoms with Crippen LogP contribution < -0.4 is 31.3 Å². The highest BCUT2D eigenvalue weighted by Gasteiger charge is 2.50. The number of alkyl halides is 3. The molecule has 8 amide bonds. The molecule has 0 radical (unpaired) electrons. The molecule has 0 spiro atoms. The van der Waals surface area contributed by atoms with E-state index in [1.165, 1.54) is 42.9 Å². The number of aromatic nitrogens is 1. The Hall–Kier alpha value is -10.4. The summed E-state index contributed by atoms with van der Waals surface area (Å²) in [4.78, 5) is 193. The number of aliphatic hydroxyl groups is 1. The van der Waals surface area contributed by atoms with E-state index in [1.54, 1.807) is 72.6 Å². The fraction of sp³-hybridized carbons (Fsp3) is 0.557. The van der Waals surface area contributed by atoms with Crippen molar-refractivity contribution in [1.29, 1.82) is 0 Å². The minimum atomic E-state index is -5.08. The van der Waals surface area contributed by atoms with Crippen molar-refractivity contribution in [1.82, 2.24) is 45.9 Å². The quantitative estimate of drug-likeness (QED) is 0.0323. The van der Waals surface area contributed by atoms with Gasteiger partial charge in [0.15, 0.2) is 11.6 Å². The number of amides is 8. The first kappa shape index (κ1) is 94.5. The molecule has 2 saturated heterocycles. The predicted octanol–water partition coefficient (Wildman–Crippen LogP) is 6.32. The Kier molecular flexibility index (Phi) is 34.3. The molecule has 2 fully saturated rings. The van der Waals surface area contributed by atoms with Crippen LogP contribution in [0.2, 0.25) is 0 Å². The Labute approximate surface area is 701 Å². The van der Waals surface area contributed by atoms with Crippen LogP contribution in [0.15, 0.2) is 97.2 Å². The lowest BCUT2D eigenvalue weighted by Gasteiger charge is -2.37. The van der Waals surface area contributed by atoms with E-state index >= 15 is 33.2 Å². The summed E-state index contributed by atoms with van der Waals surface area (Å²) in [6, 6.07) is 17.8. The Morgan fingerprint density at radius 2 is 1.38 bits per heavy atom. The summed E-state index contributed by atoms with van der Waals surface area (Å²) in [5, 5.41) is 33.3. The van der Waals surface area contributed by atoms with Gasteiger partial charge in [-0.25, -0.2) is 9.18 Å². The summed E-state index contributed by atoms with van der Waals surface area (Å²) >= 11 is 0. The van der Waals surface area contributed by atoms with Gasteiger partial charge < -0.3 is 79.5 Å². The number of ether oxygens (including phenoxy) is 4. The van der Waals surface area contributed by atoms with Crippen LogP contribution >= 0.6 is 0 Å². The summed E-state index contributed by atoms with van der Waals surface area (Å²) < 4.78 is 73.5. The summed E-state index contributed by atoms with van der Waals surface area (Å²) in [6.07, 6.45) is -5.24. The van der Waals surface area contributed by atoms with Gasteiger partial charge in [0.05, 0.1) is 78.5 Å². The van der Waals surface area contributed by atoms with E-state index < -0.39 is 138 Å². The van der Waals surface area contributed by atoms with Crippen molar-refractivity contribution >= 4 is 87.3 Å². The number of benzene rings is 4. The van der Waals surface area contributed by atoms with E-state index in [0.717, 1.165) is 17.7 Å². The monoisotopic (exact) mass is 1690 g/mol. The lowest BCUT2D eigenvalue weighted by atomic mass is 9.88. The number of Topliss-reactive ketones (excluding diaryl/α,β-unsaturated/α-hetero) is 4. The second-order valence-corrected chi connectivity index (χ2v) is 33.3. The Morgan fingerprint density at radius 3 is 2.08 bits per heavy atom. The number of quaternary nitrogens is 1. The zero-order chi connectivity index (χ0) is 87.9. The third kappa shape index (κ3) is 27.6. The van der Waals surface area contributed by atoms with Gasteiger partial charge in [0.2, 0.25) is 47.3 Å². The number of rotatable bonds is 16. The normalized spacial score (nSPS) is 24.0. The van der Waals surface area contributed by atoms with Crippen LogP contribution in [0.1, 0.15) is 150 Å². The van der Waals surface area contributed by atoms with Crippen molar-refractivity contribution in [3.63, 3.8) is 0 Å². The van der Waals surface area contributed by atoms with Crippen LogP contribution in [-0.2, 0) is 122 Å². The van der Waals surface area contributed by atoms with Crippen LogP contribution in [0, 0.1) is 17.7 Å². The van der Waals surface area contributed by atoms with Crippen molar-refractivity contribution in [2.45, 2.75) is 217 Å². The van der Waals surface area contributed by atoms with Gasteiger partial charge in [0.25, 0.3) is 0 Å². The van der Waals surface area contributed by atoms with Gasteiger partial charge >= 0.3 is 12.1 Å². The maximum absolute atomic E-state index is 16.3. The Morgan fingerprint density at radius 1 is 0.686 bits per heavy atom. The van der Waals surface area contributed by atoms with Crippen molar-refractivity contribution in [3.05, 3.63) is 136 Å². The first-order valence-corrected chi connectivity index (χ1v) is 41.6. The zero-order valence-corrected chi connectivity index (χ0v) is 69.9. The predicted molar refractivity (Wildman–Crippen MR) is 435 cm³/mol. The molecule has 7 N–H and O–H groups in total. The molecule has 7 heterocycles. The fourth-order valence-electron chi connectivity index (χ4n) is 15.9. The molecular weight excluding hydrogens is 1580 g/mol. The number of hydrogen-bond acceptors (Lipinski definition) is 18. The number of nitrogens with zero attached hydrogens (tertiary/aromatic N) is 5. The van der Waals surface area contributed by atoms with Crippen molar-refractivity contribution in [3.8, 4) is 5.75 Å². The first-order valence-electron chi connectivity index (χ1n) is 41.6. The molecule has 0 saturated carbocycles. The second kappa shape index (κ2) is 43.9. The number of aryl methyl sites for hydroxylation is 2. The molecule has 12 bridgehead atoms. The third-order valence-corrected chi connectivity index (χ3v) is 22.9. The van der Waals surface area contributed by atoms with Gasteiger partial charge in [-0.1, -0.05) is 67.6 Å². The highest BCUT2D eigenvalue weighted by atomic mass is 19.4. The third-order valence-electron chi connectivity index (χ3n) is 22.9. The van der Waals surface area contributed by atoms with Gasteiger partial charge in [0, 0.05) is 120 Å². The number of hydrogen-bond donors (Lipinski definition) is 7. The zero-order valence-electron chi connectivity index (χ0n) is 69.9. The van der Waals surface area contributed by atoms with Crippen molar-refractivity contribution < 1.29 is 114 Å². The van der Waals surface area contributed by atoms with Gasteiger partial charge in [-0.2, -0.15) is 13.2 Å². The van der Waals surface area contributed by atoms with E-state index in [9.17, 15) is 47.0 Å². The Balaban J connectivity index is 0.00000227. The minimum absolute atomic E-state index is 0.0394. The van der Waals surface area contributed by atoms with E-state index in [4.69, 9.17) is 28.8 Å². The molecule has 121 heavy (non-hydrogen) atoms. The van der Waals surface area contributed by atoms with Gasteiger partial charge in [-0.15, -0.1) is 0 Å². The number of carboxylic acid groups (broad SMARTS) is 1. The first-order chi connectivity index (χ1) is 57.5. The lowest BCUT2D eigenvalue weighted by Crippen LogP contribution is -2.62. The summed E-state index contributed by atoms with van der Waals surface area (Å²) in [6.45, 7) is 6.51. The molecule has 4 aromatic carbocycles. The number of carbonyl (C=O) groups excluding carboxylic acids is 12. The highest BCUT2D eigenvalue weighted by Crippen LogP contribution is 2.35. The number of nitrogens with one attached hydrogen (secondary N) is 5. The van der Waals surface area contributed by atoms with E-state index in [0.29, 0.717) is 115 Å². The van der Waals surface area contributed by atoms with E-state index in [1.807, 2.05) is 50.0 Å². The van der Waals surface area contributed by atoms with Gasteiger partial charge in [-0.3, -0.25) is 57.5 Å². The maximum Gasteiger partial charge on any atom is 0.490 e. The smallest absolute Gasteiger partial charge is 0.490 e. The number of aliphatic hydroxyl groups excluding tert-OH is 1. The average Bonchev–Trinajstić information content (AvgIpc) is 1.70. The van der Waals surface area contributed by atoms with E-state index in [-0.39, 0.29) is 133 Å². The second-order valence-electron chi connectivity index (χ2n) is 33.3. The molecule has 6 aliphatic heterocycles. The summed E-state index contributed by atoms with van der Waals surface area (Å²) in [5.74, 6) is -12.8. The summed E-state index contributed by atoms with van der Waals surface area (Å²) in [7, 11) is 7.65. The van der Waals surface area contributed by atoms with Crippen molar-refractivity contribution in [2.75, 3.05) is 87.5 Å². The van der Waals surface area contributed by atoms with Crippen LogP contribution in [0.25, 0.3) is 10.9 Å². The fourth-order valence-corrected chi connectivity index (χ4v) is 15.9. The maximum atomic E-state index is 16.3. The lowest BCUT2D eigenvalue weighted by molar-refractivity contribution is -0.870. The molecule has 1 aromatic heterocycles. The molecule has 0 aliphatic carbocycles. The van der Waals surface area contributed by atoms with Crippen LogP contribution in [0.4, 0.5) is 17.6 Å². The summed E-state index contributed by atoms with van der Waals surface area (Å²) in [5.41, 5.74) is 3.13. The molecule has 29 nitrogen and oxygen atoms in total.